The van der Waals surface area contributed by atoms with Crippen molar-refractivity contribution in [2.45, 2.75) is 31.9 Å². The number of benzene rings is 1. The maximum absolute atomic E-state index is 12.3. The zero-order valence-corrected chi connectivity index (χ0v) is 14.5. The molecule has 0 aromatic heterocycles. The number of carbonyl (C=O) groups is 2. The summed E-state index contributed by atoms with van der Waals surface area (Å²) in [6.45, 7) is 4.98. The summed E-state index contributed by atoms with van der Waals surface area (Å²) in [6.07, 6.45) is 1.94. The summed E-state index contributed by atoms with van der Waals surface area (Å²) in [6, 6.07) is 7.16. The van der Waals surface area contributed by atoms with Crippen LogP contribution in [0.4, 0.5) is 4.79 Å². The largest absolute Gasteiger partial charge is 0.467 e. The van der Waals surface area contributed by atoms with E-state index in [0.717, 1.165) is 6.42 Å². The average Bonchev–Trinajstić information content (AvgIpc) is 2.62. The van der Waals surface area contributed by atoms with Crippen LogP contribution in [0.25, 0.3) is 0 Å². The lowest BCUT2D eigenvalue weighted by molar-refractivity contribution is -0.0212. The number of urea groups is 1. The van der Waals surface area contributed by atoms with Crippen molar-refractivity contribution in [3.05, 3.63) is 29.8 Å². The Hall–Kier alpha value is -2.28. The Labute approximate surface area is 147 Å². The molecular formula is C18H25N3O4. The quantitative estimate of drug-likeness (QED) is 0.795. The minimum absolute atomic E-state index is 0.0751. The average molecular weight is 347 g/mol. The van der Waals surface area contributed by atoms with Crippen LogP contribution in [0.1, 0.15) is 36.5 Å². The van der Waals surface area contributed by atoms with Gasteiger partial charge in [0.1, 0.15) is 5.75 Å². The summed E-state index contributed by atoms with van der Waals surface area (Å²) in [5.74, 6) is 0.496. The minimum Gasteiger partial charge on any atom is -0.467 e. The molecule has 1 spiro atoms. The van der Waals surface area contributed by atoms with E-state index in [-0.39, 0.29) is 11.9 Å². The molecule has 25 heavy (non-hydrogen) atoms. The Morgan fingerprint density at radius 1 is 1.36 bits per heavy atom. The first-order valence-corrected chi connectivity index (χ1v) is 8.85. The predicted molar refractivity (Wildman–Crippen MR) is 92.6 cm³/mol. The predicted octanol–water partition coefficient (Wildman–Crippen LogP) is 1.74. The number of fused-ring (bicyclic) bond motifs is 1. The second-order valence-corrected chi connectivity index (χ2v) is 6.32. The third kappa shape index (κ3) is 4.04. The molecule has 0 saturated carbocycles. The fraction of sp³-hybridized carbons (Fsp3) is 0.556. The van der Waals surface area contributed by atoms with E-state index in [4.69, 9.17) is 9.47 Å². The molecule has 2 aliphatic heterocycles. The van der Waals surface area contributed by atoms with Gasteiger partial charge < -0.3 is 25.0 Å². The zero-order chi connectivity index (χ0) is 17.7. The summed E-state index contributed by atoms with van der Waals surface area (Å²) < 4.78 is 11.3. The smallest absolute Gasteiger partial charge is 0.317 e. The number of para-hydroxylation sites is 1. The van der Waals surface area contributed by atoms with Gasteiger partial charge in [-0.2, -0.15) is 0 Å². The van der Waals surface area contributed by atoms with E-state index in [1.54, 1.807) is 11.0 Å². The Bertz CT molecular complexity index is 627. The monoisotopic (exact) mass is 347 g/mol. The van der Waals surface area contributed by atoms with E-state index in [2.05, 4.69) is 10.6 Å². The van der Waals surface area contributed by atoms with Gasteiger partial charge in [0.15, 0.2) is 5.72 Å². The first-order chi connectivity index (χ1) is 12.1. The number of likely N-dealkylation sites (tertiary alicyclic amines) is 1. The van der Waals surface area contributed by atoms with Gasteiger partial charge in [-0.3, -0.25) is 4.79 Å². The lowest BCUT2D eigenvalue weighted by Crippen LogP contribution is -2.62. The van der Waals surface area contributed by atoms with E-state index in [9.17, 15) is 9.59 Å². The van der Waals surface area contributed by atoms with Crippen molar-refractivity contribution in [1.82, 2.24) is 15.5 Å². The van der Waals surface area contributed by atoms with Gasteiger partial charge in [-0.15, -0.1) is 0 Å². The third-order valence-electron chi connectivity index (χ3n) is 4.58. The van der Waals surface area contributed by atoms with Gasteiger partial charge in [0.25, 0.3) is 5.91 Å². The van der Waals surface area contributed by atoms with Gasteiger partial charge in [-0.25, -0.2) is 4.79 Å². The molecule has 7 nitrogen and oxygen atoms in total. The molecule has 2 aliphatic rings. The summed E-state index contributed by atoms with van der Waals surface area (Å²) >= 11 is 0. The number of carbonyl (C=O) groups excluding carboxylic acids is 2. The molecule has 3 rings (SSSR count). The van der Waals surface area contributed by atoms with Crippen molar-refractivity contribution in [3.63, 3.8) is 0 Å². The van der Waals surface area contributed by atoms with Gasteiger partial charge in [-0.1, -0.05) is 12.1 Å². The topological polar surface area (TPSA) is 79.9 Å². The Kier molecular flexibility index (Phi) is 5.43. The van der Waals surface area contributed by atoms with E-state index >= 15 is 0 Å². The number of ether oxygens (including phenoxy) is 2. The van der Waals surface area contributed by atoms with Crippen LogP contribution in [0, 0.1) is 0 Å². The van der Waals surface area contributed by atoms with Crippen LogP contribution in [-0.2, 0) is 4.74 Å². The fourth-order valence-corrected chi connectivity index (χ4v) is 3.18. The molecule has 1 aromatic carbocycles. The van der Waals surface area contributed by atoms with Crippen molar-refractivity contribution < 1.29 is 19.1 Å². The molecule has 0 unspecified atom stereocenters. The minimum atomic E-state index is -0.711. The maximum atomic E-state index is 12.3. The first kappa shape index (κ1) is 17.5. The molecule has 0 radical (unpaired) electrons. The Balaban J connectivity index is 1.50. The normalized spacial score (nSPS) is 18.3. The van der Waals surface area contributed by atoms with Crippen LogP contribution in [0.2, 0.25) is 0 Å². The number of nitrogens with zero attached hydrogens (tertiary/aromatic N) is 1. The third-order valence-corrected chi connectivity index (χ3v) is 4.58. The highest BCUT2D eigenvalue weighted by Gasteiger charge is 2.43. The van der Waals surface area contributed by atoms with Crippen LogP contribution in [-0.4, -0.2) is 55.4 Å². The number of piperidine rings is 1. The maximum Gasteiger partial charge on any atom is 0.317 e. The molecule has 136 valence electrons. The highest BCUT2D eigenvalue weighted by atomic mass is 16.5. The molecule has 0 aliphatic carbocycles. The lowest BCUT2D eigenvalue weighted by Gasteiger charge is -2.44. The SMILES string of the molecule is CCOCCCNC(=O)N1CCC2(CC1)NC(=O)c1ccccc1O2. The van der Waals surface area contributed by atoms with Crippen molar-refractivity contribution >= 4 is 11.9 Å². The lowest BCUT2D eigenvalue weighted by atomic mass is 9.97. The van der Waals surface area contributed by atoms with E-state index in [1.807, 2.05) is 25.1 Å². The van der Waals surface area contributed by atoms with Gasteiger partial charge in [0.2, 0.25) is 0 Å². The van der Waals surface area contributed by atoms with E-state index in [1.165, 1.54) is 0 Å². The van der Waals surface area contributed by atoms with E-state index < -0.39 is 5.72 Å². The summed E-state index contributed by atoms with van der Waals surface area (Å²) in [7, 11) is 0. The first-order valence-electron chi connectivity index (χ1n) is 8.85. The number of amides is 3. The molecular weight excluding hydrogens is 322 g/mol. The zero-order valence-electron chi connectivity index (χ0n) is 14.5. The number of hydrogen-bond donors (Lipinski definition) is 2. The number of hydrogen-bond acceptors (Lipinski definition) is 4. The highest BCUT2D eigenvalue weighted by Crippen LogP contribution is 2.33. The van der Waals surface area contributed by atoms with Crippen LogP contribution < -0.4 is 15.4 Å². The molecule has 0 bridgehead atoms. The fourth-order valence-electron chi connectivity index (χ4n) is 3.18. The Morgan fingerprint density at radius 2 is 2.12 bits per heavy atom. The molecule has 3 amide bonds. The molecule has 7 heteroatoms. The standard InChI is InChI=1S/C18H25N3O4/c1-2-24-13-5-10-19-17(23)21-11-8-18(9-12-21)20-16(22)14-6-3-4-7-15(14)25-18/h3-4,6-7H,2,5,8-13H2,1H3,(H,19,23)(H,20,22). The van der Waals surface area contributed by atoms with Crippen LogP contribution in [0.5, 0.6) is 5.75 Å². The van der Waals surface area contributed by atoms with Crippen LogP contribution in [0.3, 0.4) is 0 Å². The number of nitrogens with one attached hydrogen (secondary N) is 2. The molecule has 1 aromatic rings. The van der Waals surface area contributed by atoms with Crippen LogP contribution in [0.15, 0.2) is 24.3 Å². The van der Waals surface area contributed by atoms with Gasteiger partial charge in [-0.05, 0) is 25.5 Å². The van der Waals surface area contributed by atoms with E-state index in [0.29, 0.717) is 57.0 Å². The second kappa shape index (κ2) is 7.74. The summed E-state index contributed by atoms with van der Waals surface area (Å²) in [5.41, 5.74) is -0.153. The van der Waals surface area contributed by atoms with Crippen molar-refractivity contribution in [3.8, 4) is 5.75 Å². The highest BCUT2D eigenvalue weighted by molar-refractivity contribution is 5.98. The second-order valence-electron chi connectivity index (χ2n) is 6.32. The van der Waals surface area contributed by atoms with Gasteiger partial charge >= 0.3 is 6.03 Å². The molecule has 1 fully saturated rings. The number of rotatable bonds is 5. The van der Waals surface area contributed by atoms with Crippen molar-refractivity contribution in [2.24, 2.45) is 0 Å². The van der Waals surface area contributed by atoms with Crippen LogP contribution >= 0.6 is 0 Å². The molecule has 2 heterocycles. The molecule has 1 saturated heterocycles. The van der Waals surface area contributed by atoms with Gasteiger partial charge in [0.05, 0.1) is 5.56 Å². The van der Waals surface area contributed by atoms with Crippen molar-refractivity contribution in [2.75, 3.05) is 32.8 Å². The summed E-state index contributed by atoms with van der Waals surface area (Å²) in [4.78, 5) is 26.3. The molecule has 0 atom stereocenters. The molecule has 2 N–H and O–H groups in total. The van der Waals surface area contributed by atoms with Gasteiger partial charge in [0, 0.05) is 45.7 Å². The Morgan fingerprint density at radius 3 is 2.88 bits per heavy atom. The summed E-state index contributed by atoms with van der Waals surface area (Å²) in [5, 5.41) is 5.88. The van der Waals surface area contributed by atoms with Crippen molar-refractivity contribution in [1.29, 1.82) is 0 Å².